The Hall–Kier alpha value is -1.57. The molecule has 2 heteroatoms. The largest absolute Gasteiger partial charge is 0.384 e. The van der Waals surface area contributed by atoms with Crippen LogP contribution in [0, 0.1) is 12.3 Å². The Morgan fingerprint density at radius 1 is 1.26 bits per heavy atom. The fourth-order valence-corrected chi connectivity index (χ4v) is 2.96. The highest BCUT2D eigenvalue weighted by Crippen LogP contribution is 2.49. The van der Waals surface area contributed by atoms with Crippen LogP contribution in [0.5, 0.6) is 0 Å². The first kappa shape index (κ1) is 12.5. The predicted octanol–water partition coefficient (Wildman–Crippen LogP) is 4.54. The van der Waals surface area contributed by atoms with E-state index in [0.717, 1.165) is 17.8 Å². The van der Waals surface area contributed by atoms with E-state index in [1.165, 1.54) is 36.8 Å². The van der Waals surface area contributed by atoms with Crippen LogP contribution in [0.15, 0.2) is 30.3 Å². The summed E-state index contributed by atoms with van der Waals surface area (Å²) in [4.78, 5) is 4.59. The first-order valence-corrected chi connectivity index (χ1v) is 7.33. The average Bonchev–Trinajstić information content (AvgIpc) is 3.16. The first-order chi connectivity index (χ1) is 9.22. The van der Waals surface area contributed by atoms with Crippen LogP contribution in [0.3, 0.4) is 0 Å². The highest BCUT2D eigenvalue weighted by molar-refractivity contribution is 5.91. The van der Waals surface area contributed by atoms with Crippen molar-refractivity contribution in [3.63, 3.8) is 0 Å². The van der Waals surface area contributed by atoms with Gasteiger partial charge in [-0.15, -0.1) is 0 Å². The van der Waals surface area contributed by atoms with Crippen LogP contribution in [0.4, 0.5) is 5.69 Å². The molecular weight excluding hydrogens is 232 g/mol. The molecule has 2 aromatic rings. The minimum absolute atomic E-state index is 0.576. The van der Waals surface area contributed by atoms with E-state index < -0.39 is 0 Å². The van der Waals surface area contributed by atoms with E-state index in [4.69, 9.17) is 0 Å². The Labute approximate surface area is 115 Å². The number of nitrogens with zero attached hydrogens (tertiary/aromatic N) is 1. The number of hydrogen-bond donors (Lipinski definition) is 1. The van der Waals surface area contributed by atoms with Gasteiger partial charge in [0.2, 0.25) is 0 Å². The van der Waals surface area contributed by atoms with Gasteiger partial charge in [-0.2, -0.15) is 0 Å². The van der Waals surface area contributed by atoms with Gasteiger partial charge in [-0.25, -0.2) is 0 Å². The molecule has 19 heavy (non-hydrogen) atoms. The molecule has 1 heterocycles. The molecule has 0 saturated heterocycles. The average molecular weight is 254 g/mol. The van der Waals surface area contributed by atoms with E-state index in [1.807, 2.05) is 0 Å². The van der Waals surface area contributed by atoms with Crippen molar-refractivity contribution in [1.29, 1.82) is 0 Å². The molecule has 0 aliphatic heterocycles. The Bertz CT molecular complexity index is 585. The zero-order chi connectivity index (χ0) is 13.3. The van der Waals surface area contributed by atoms with Crippen molar-refractivity contribution in [2.45, 2.75) is 39.5 Å². The summed E-state index contributed by atoms with van der Waals surface area (Å²) in [6, 6.07) is 10.6. The molecule has 1 saturated carbocycles. The minimum atomic E-state index is 0.576. The van der Waals surface area contributed by atoms with Crippen molar-refractivity contribution in [3.05, 3.63) is 36.0 Å². The maximum atomic E-state index is 4.59. The van der Waals surface area contributed by atoms with E-state index in [-0.39, 0.29) is 0 Å². The molecule has 1 aliphatic carbocycles. The van der Waals surface area contributed by atoms with Crippen LogP contribution in [-0.4, -0.2) is 11.5 Å². The maximum Gasteiger partial charge on any atom is 0.0725 e. The third-order valence-electron chi connectivity index (χ3n) is 4.24. The van der Waals surface area contributed by atoms with Crippen LogP contribution < -0.4 is 5.32 Å². The maximum absolute atomic E-state index is 4.59. The monoisotopic (exact) mass is 254 g/mol. The van der Waals surface area contributed by atoms with Gasteiger partial charge in [0, 0.05) is 23.3 Å². The first-order valence-electron chi connectivity index (χ1n) is 7.33. The second kappa shape index (κ2) is 4.84. The van der Waals surface area contributed by atoms with Crippen molar-refractivity contribution < 1.29 is 0 Å². The van der Waals surface area contributed by atoms with Gasteiger partial charge in [0.05, 0.1) is 5.52 Å². The Balaban J connectivity index is 1.84. The number of aryl methyl sites for hydroxylation is 1. The number of fused-ring (bicyclic) bond motifs is 1. The van der Waals surface area contributed by atoms with Crippen molar-refractivity contribution in [1.82, 2.24) is 4.98 Å². The van der Waals surface area contributed by atoms with Crippen molar-refractivity contribution in [2.24, 2.45) is 5.41 Å². The van der Waals surface area contributed by atoms with Gasteiger partial charge in [-0.3, -0.25) is 4.98 Å². The Morgan fingerprint density at radius 2 is 2.05 bits per heavy atom. The Morgan fingerprint density at radius 3 is 2.79 bits per heavy atom. The van der Waals surface area contributed by atoms with Crippen LogP contribution in [-0.2, 0) is 0 Å². The predicted molar refractivity (Wildman–Crippen MR) is 81.5 cm³/mol. The summed E-state index contributed by atoms with van der Waals surface area (Å²) in [7, 11) is 0. The molecule has 0 radical (unpaired) electrons. The number of para-hydroxylation sites is 1. The summed E-state index contributed by atoms with van der Waals surface area (Å²) in [5.74, 6) is 0. The minimum Gasteiger partial charge on any atom is -0.384 e. The second-order valence-corrected chi connectivity index (χ2v) is 5.93. The van der Waals surface area contributed by atoms with Crippen LogP contribution >= 0.6 is 0 Å². The van der Waals surface area contributed by atoms with Crippen molar-refractivity contribution in [3.8, 4) is 0 Å². The number of pyridine rings is 1. The van der Waals surface area contributed by atoms with E-state index >= 15 is 0 Å². The summed E-state index contributed by atoms with van der Waals surface area (Å²) in [5, 5.41) is 4.91. The van der Waals surface area contributed by atoms with Gasteiger partial charge in [-0.1, -0.05) is 31.5 Å². The number of nitrogens with one attached hydrogen (secondary N) is 1. The summed E-state index contributed by atoms with van der Waals surface area (Å²) in [5.41, 5.74) is 3.99. The molecule has 1 N–H and O–H groups in total. The molecular formula is C17H22N2. The molecule has 0 bridgehead atoms. The lowest BCUT2D eigenvalue weighted by Gasteiger charge is -2.17. The summed E-state index contributed by atoms with van der Waals surface area (Å²) in [6.07, 6.45) is 5.41. The van der Waals surface area contributed by atoms with Crippen LogP contribution in [0.1, 0.15) is 38.3 Å². The van der Waals surface area contributed by atoms with Gasteiger partial charge in [0.1, 0.15) is 0 Å². The van der Waals surface area contributed by atoms with Gasteiger partial charge in [0.25, 0.3) is 0 Å². The molecule has 0 unspecified atom stereocenters. The molecule has 1 aliphatic rings. The van der Waals surface area contributed by atoms with Crippen LogP contribution in [0.2, 0.25) is 0 Å². The molecule has 100 valence electrons. The zero-order valence-corrected chi connectivity index (χ0v) is 11.9. The van der Waals surface area contributed by atoms with E-state index in [0.29, 0.717) is 5.41 Å². The third-order valence-corrected chi connectivity index (χ3v) is 4.24. The van der Waals surface area contributed by atoms with Crippen molar-refractivity contribution >= 4 is 16.6 Å². The highest BCUT2D eigenvalue weighted by atomic mass is 14.9. The normalized spacial score (nSPS) is 16.5. The molecule has 1 aromatic heterocycles. The van der Waals surface area contributed by atoms with Gasteiger partial charge in [-0.05, 0) is 43.7 Å². The Kier molecular flexibility index (Phi) is 3.17. The van der Waals surface area contributed by atoms with Crippen LogP contribution in [0.25, 0.3) is 10.9 Å². The standard InChI is InChI=1S/C17H22N2/c1-3-8-17(9-10-17)12-18-16-11-13(2)19-15-7-5-4-6-14(15)16/h4-7,11H,3,8-10,12H2,1-2H3,(H,18,19). The highest BCUT2D eigenvalue weighted by Gasteiger charge is 2.41. The third kappa shape index (κ3) is 2.58. The molecule has 1 aromatic carbocycles. The number of anilines is 1. The molecule has 3 rings (SSSR count). The fraction of sp³-hybridized carbons (Fsp3) is 0.471. The fourth-order valence-electron chi connectivity index (χ4n) is 2.96. The quantitative estimate of drug-likeness (QED) is 0.847. The summed E-state index contributed by atoms with van der Waals surface area (Å²) in [6.45, 7) is 5.46. The number of aromatic nitrogens is 1. The SMILES string of the molecule is CCCC1(CNc2cc(C)nc3ccccc23)CC1. The zero-order valence-electron chi connectivity index (χ0n) is 11.9. The van der Waals surface area contributed by atoms with E-state index in [9.17, 15) is 0 Å². The smallest absolute Gasteiger partial charge is 0.0725 e. The van der Waals surface area contributed by atoms with Gasteiger partial charge < -0.3 is 5.32 Å². The van der Waals surface area contributed by atoms with E-state index in [1.54, 1.807) is 0 Å². The van der Waals surface area contributed by atoms with Crippen molar-refractivity contribution in [2.75, 3.05) is 11.9 Å². The lowest BCUT2D eigenvalue weighted by Crippen LogP contribution is -2.15. The van der Waals surface area contributed by atoms with Gasteiger partial charge >= 0.3 is 0 Å². The molecule has 0 amide bonds. The number of hydrogen-bond acceptors (Lipinski definition) is 2. The number of rotatable bonds is 5. The summed E-state index contributed by atoms with van der Waals surface area (Å²) >= 11 is 0. The second-order valence-electron chi connectivity index (χ2n) is 5.93. The van der Waals surface area contributed by atoms with E-state index in [2.05, 4.69) is 54.5 Å². The lowest BCUT2D eigenvalue weighted by atomic mass is 10.0. The molecule has 0 spiro atoms. The molecule has 2 nitrogen and oxygen atoms in total. The number of benzene rings is 1. The molecule has 1 fully saturated rings. The molecule has 0 atom stereocenters. The summed E-state index contributed by atoms with van der Waals surface area (Å²) < 4.78 is 0. The lowest BCUT2D eigenvalue weighted by molar-refractivity contribution is 0.486. The van der Waals surface area contributed by atoms with Gasteiger partial charge in [0.15, 0.2) is 0 Å². The topological polar surface area (TPSA) is 24.9 Å².